The predicted molar refractivity (Wildman–Crippen MR) is 95.1 cm³/mol. The Morgan fingerprint density at radius 3 is 2.64 bits per heavy atom. The molecule has 0 fully saturated rings. The Balaban J connectivity index is 1.95. The second-order valence-corrected chi connectivity index (χ2v) is 5.36. The van der Waals surface area contributed by atoms with Crippen molar-refractivity contribution in [3.8, 4) is 0 Å². The van der Waals surface area contributed by atoms with E-state index in [9.17, 15) is 14.9 Å². The molecule has 0 bridgehead atoms. The van der Waals surface area contributed by atoms with Crippen LogP contribution in [0, 0.1) is 10.1 Å². The first-order valence-corrected chi connectivity index (χ1v) is 7.65. The van der Waals surface area contributed by atoms with Crippen LogP contribution in [0.25, 0.3) is 0 Å². The molecule has 132 valence electrons. The van der Waals surface area contributed by atoms with Crippen LogP contribution in [0.3, 0.4) is 0 Å². The zero-order valence-corrected chi connectivity index (χ0v) is 13.8. The van der Waals surface area contributed by atoms with Gasteiger partial charge >= 0.3 is 0 Å². The fraction of sp³-hybridized carbons (Fsp3) is 0.235. The molecule has 8 nitrogen and oxygen atoms in total. The van der Waals surface area contributed by atoms with Crippen LogP contribution in [0.4, 0.5) is 17.1 Å². The van der Waals surface area contributed by atoms with Crippen LogP contribution >= 0.6 is 0 Å². The normalized spacial score (nSPS) is 11.7. The maximum Gasteiger partial charge on any atom is 0.271 e. The summed E-state index contributed by atoms with van der Waals surface area (Å²) in [5, 5.41) is 16.3. The summed E-state index contributed by atoms with van der Waals surface area (Å²) >= 11 is 0. The minimum Gasteiger partial charge on any atom is -0.397 e. The van der Waals surface area contributed by atoms with Gasteiger partial charge in [0.15, 0.2) is 0 Å². The van der Waals surface area contributed by atoms with Crippen LogP contribution in [0.2, 0.25) is 0 Å². The molecular formula is C17H20N4O4. The maximum atomic E-state index is 12.3. The number of hydrogen-bond acceptors (Lipinski definition) is 6. The van der Waals surface area contributed by atoms with Crippen LogP contribution in [0.5, 0.6) is 0 Å². The van der Waals surface area contributed by atoms with E-state index < -0.39 is 11.0 Å². The van der Waals surface area contributed by atoms with Crippen LogP contribution in [0.15, 0.2) is 48.5 Å². The first kappa shape index (κ1) is 18.4. The molecule has 1 amide bonds. The van der Waals surface area contributed by atoms with Crippen molar-refractivity contribution in [1.82, 2.24) is 5.32 Å². The molecule has 25 heavy (non-hydrogen) atoms. The van der Waals surface area contributed by atoms with Crippen LogP contribution < -0.4 is 16.4 Å². The van der Waals surface area contributed by atoms with Crippen molar-refractivity contribution in [2.45, 2.75) is 12.6 Å². The van der Waals surface area contributed by atoms with Gasteiger partial charge in [-0.1, -0.05) is 30.3 Å². The van der Waals surface area contributed by atoms with E-state index >= 15 is 0 Å². The molecule has 2 aromatic rings. The Kier molecular flexibility index (Phi) is 6.44. The van der Waals surface area contributed by atoms with Crippen molar-refractivity contribution < 1.29 is 14.5 Å². The number of nitrogens with one attached hydrogen (secondary N) is 2. The molecule has 2 rings (SSSR count). The lowest BCUT2D eigenvalue weighted by Gasteiger charge is -2.17. The zero-order chi connectivity index (χ0) is 18.2. The number of amides is 1. The van der Waals surface area contributed by atoms with Gasteiger partial charge in [0, 0.05) is 12.1 Å². The van der Waals surface area contributed by atoms with Crippen LogP contribution in [0.1, 0.15) is 5.56 Å². The molecule has 0 heterocycles. The standard InChI is InChI=1S/C17H20N4O4/c1-19-16(11-25-10-12-5-3-2-4-6-12)17(22)20-15-9-13(21(23)24)7-8-14(15)18/h2-9,16,19H,10-11,18H2,1H3,(H,20,22). The highest BCUT2D eigenvalue weighted by atomic mass is 16.6. The number of nitrogens with zero attached hydrogens (tertiary/aromatic N) is 1. The summed E-state index contributed by atoms with van der Waals surface area (Å²) in [7, 11) is 1.63. The summed E-state index contributed by atoms with van der Waals surface area (Å²) in [5.74, 6) is -0.386. The number of carbonyl (C=O) groups is 1. The first-order valence-electron chi connectivity index (χ1n) is 7.65. The summed E-state index contributed by atoms with van der Waals surface area (Å²) in [6.07, 6.45) is 0. The van der Waals surface area contributed by atoms with Crippen molar-refractivity contribution in [1.29, 1.82) is 0 Å². The smallest absolute Gasteiger partial charge is 0.271 e. The number of non-ortho nitro benzene ring substituents is 1. The molecule has 0 spiro atoms. The van der Waals surface area contributed by atoms with Gasteiger partial charge in [0.1, 0.15) is 6.04 Å². The number of rotatable bonds is 8. The Morgan fingerprint density at radius 2 is 2.00 bits per heavy atom. The number of carbonyl (C=O) groups excluding carboxylic acids is 1. The summed E-state index contributed by atoms with van der Waals surface area (Å²) < 4.78 is 5.56. The van der Waals surface area contributed by atoms with E-state index in [2.05, 4.69) is 10.6 Å². The van der Waals surface area contributed by atoms with E-state index in [1.54, 1.807) is 7.05 Å². The Labute approximate surface area is 145 Å². The molecule has 0 aliphatic carbocycles. The molecule has 0 aliphatic rings. The quantitative estimate of drug-likeness (QED) is 0.382. The lowest BCUT2D eigenvalue weighted by molar-refractivity contribution is -0.384. The first-order chi connectivity index (χ1) is 12.0. The number of nitrogens with two attached hydrogens (primary N) is 1. The van der Waals surface area contributed by atoms with Gasteiger partial charge in [0.2, 0.25) is 5.91 Å². The van der Waals surface area contributed by atoms with E-state index in [-0.39, 0.29) is 29.6 Å². The minimum absolute atomic E-state index is 0.145. The van der Waals surface area contributed by atoms with Crippen LogP contribution in [-0.2, 0) is 16.1 Å². The van der Waals surface area contributed by atoms with Gasteiger partial charge in [-0.25, -0.2) is 0 Å². The average molecular weight is 344 g/mol. The Hall–Kier alpha value is -2.97. The van der Waals surface area contributed by atoms with E-state index in [0.29, 0.717) is 6.61 Å². The van der Waals surface area contributed by atoms with Crippen molar-refractivity contribution in [3.63, 3.8) is 0 Å². The summed E-state index contributed by atoms with van der Waals surface area (Å²) in [6.45, 7) is 0.525. The molecule has 0 radical (unpaired) electrons. The fourth-order valence-corrected chi connectivity index (χ4v) is 2.14. The highest BCUT2D eigenvalue weighted by Gasteiger charge is 2.19. The minimum atomic E-state index is -0.623. The summed E-state index contributed by atoms with van der Waals surface area (Å²) in [5.41, 5.74) is 7.07. The topological polar surface area (TPSA) is 120 Å². The van der Waals surface area contributed by atoms with Gasteiger partial charge < -0.3 is 21.1 Å². The largest absolute Gasteiger partial charge is 0.397 e. The summed E-state index contributed by atoms with van der Waals surface area (Å²) in [4.78, 5) is 22.6. The van der Waals surface area contributed by atoms with E-state index in [1.807, 2.05) is 30.3 Å². The van der Waals surface area contributed by atoms with Crippen molar-refractivity contribution in [2.75, 3.05) is 24.7 Å². The third kappa shape index (κ3) is 5.27. The predicted octanol–water partition coefficient (Wildman–Crippen LogP) is 1.92. The van der Waals surface area contributed by atoms with Crippen molar-refractivity contribution >= 4 is 23.0 Å². The molecule has 2 aromatic carbocycles. The number of benzene rings is 2. The van der Waals surface area contributed by atoms with E-state index in [4.69, 9.17) is 10.5 Å². The van der Waals surface area contributed by atoms with Gasteiger partial charge in [-0.05, 0) is 18.7 Å². The molecule has 0 saturated heterocycles. The lowest BCUT2D eigenvalue weighted by Crippen LogP contribution is -2.42. The third-order valence-corrected chi connectivity index (χ3v) is 3.57. The average Bonchev–Trinajstić information content (AvgIpc) is 2.61. The lowest BCUT2D eigenvalue weighted by atomic mass is 10.2. The van der Waals surface area contributed by atoms with Gasteiger partial charge in [0.25, 0.3) is 5.69 Å². The van der Waals surface area contributed by atoms with Crippen molar-refractivity contribution in [3.05, 3.63) is 64.2 Å². The van der Waals surface area contributed by atoms with Gasteiger partial charge in [-0.15, -0.1) is 0 Å². The van der Waals surface area contributed by atoms with Crippen molar-refractivity contribution in [2.24, 2.45) is 0 Å². The zero-order valence-electron chi connectivity index (χ0n) is 13.8. The fourth-order valence-electron chi connectivity index (χ4n) is 2.14. The molecule has 1 unspecified atom stereocenters. The van der Waals surface area contributed by atoms with Gasteiger partial charge in [-0.2, -0.15) is 0 Å². The molecule has 1 atom stereocenters. The molecule has 0 aliphatic heterocycles. The third-order valence-electron chi connectivity index (χ3n) is 3.57. The second kappa shape index (κ2) is 8.76. The molecule has 8 heteroatoms. The number of hydrogen-bond donors (Lipinski definition) is 3. The van der Waals surface area contributed by atoms with Crippen LogP contribution in [-0.4, -0.2) is 30.5 Å². The highest BCUT2D eigenvalue weighted by Crippen LogP contribution is 2.24. The number of nitro groups is 1. The van der Waals surface area contributed by atoms with Gasteiger partial charge in [-0.3, -0.25) is 14.9 Å². The van der Waals surface area contributed by atoms with E-state index in [1.165, 1.54) is 18.2 Å². The number of likely N-dealkylation sites (N-methyl/N-ethyl adjacent to an activating group) is 1. The molecular weight excluding hydrogens is 324 g/mol. The molecule has 0 aromatic heterocycles. The SMILES string of the molecule is CNC(COCc1ccccc1)C(=O)Nc1cc([N+](=O)[O-])ccc1N. The number of ether oxygens (including phenoxy) is 1. The monoisotopic (exact) mass is 344 g/mol. The maximum absolute atomic E-state index is 12.3. The second-order valence-electron chi connectivity index (χ2n) is 5.36. The molecule has 0 saturated carbocycles. The number of nitrogen functional groups attached to an aromatic ring is 1. The summed E-state index contributed by atoms with van der Waals surface area (Å²) in [6, 6.07) is 12.9. The Bertz CT molecular complexity index is 737. The number of nitro benzene ring substituents is 1. The van der Waals surface area contributed by atoms with E-state index in [0.717, 1.165) is 5.56 Å². The highest BCUT2D eigenvalue weighted by molar-refractivity contribution is 5.97. The van der Waals surface area contributed by atoms with Gasteiger partial charge in [0.05, 0.1) is 29.5 Å². The molecule has 4 N–H and O–H groups in total. The Morgan fingerprint density at radius 1 is 1.28 bits per heavy atom. The number of anilines is 2.